The van der Waals surface area contributed by atoms with Gasteiger partial charge in [0.15, 0.2) is 0 Å². The first-order chi connectivity index (χ1) is 19.2. The number of hydrogen-bond donors (Lipinski definition) is 1. The standard InChI is InChI=1S/C30H32ClFN4O4/c1-18(2)40-25-16-23(39-3)11-12-24(25)29-34-27(20-5-4-6-22(32)15-20)28(19-7-9-21(31)10-8-19)36(29)30(38)35-14-13-33-26(37)17-35/h4-7,9-12,15-16,18-19,27-28H,8,13-14,17H2,1-3H3,(H,33,37). The van der Waals surface area contributed by atoms with Gasteiger partial charge in [0.05, 0.1) is 30.9 Å². The van der Waals surface area contributed by atoms with Gasteiger partial charge in [-0.15, -0.1) is 0 Å². The number of methoxy groups -OCH3 is 1. The smallest absolute Gasteiger partial charge is 0.326 e. The van der Waals surface area contributed by atoms with Crippen molar-refractivity contribution in [3.05, 3.63) is 82.7 Å². The Morgan fingerprint density at radius 1 is 1.23 bits per heavy atom. The zero-order valence-electron chi connectivity index (χ0n) is 22.6. The van der Waals surface area contributed by atoms with E-state index in [0.29, 0.717) is 53.0 Å². The normalized spacial score (nSPS) is 22.6. The number of benzene rings is 2. The summed E-state index contributed by atoms with van der Waals surface area (Å²) >= 11 is 6.26. The number of urea groups is 1. The molecule has 8 nitrogen and oxygen atoms in total. The van der Waals surface area contributed by atoms with Crippen LogP contribution in [0.25, 0.3) is 0 Å². The molecule has 3 unspecified atom stereocenters. The Morgan fingerprint density at radius 3 is 2.73 bits per heavy atom. The maximum atomic E-state index is 14.5. The van der Waals surface area contributed by atoms with Gasteiger partial charge >= 0.3 is 6.03 Å². The van der Waals surface area contributed by atoms with Crippen LogP contribution in [0.15, 0.2) is 70.7 Å². The van der Waals surface area contributed by atoms with Crippen LogP contribution in [0.5, 0.6) is 11.5 Å². The lowest BCUT2D eigenvalue weighted by molar-refractivity contribution is -0.123. The van der Waals surface area contributed by atoms with Crippen LogP contribution in [0.2, 0.25) is 0 Å². The average Bonchev–Trinajstić information content (AvgIpc) is 3.33. The number of ether oxygens (including phenoxy) is 2. The van der Waals surface area contributed by atoms with Gasteiger partial charge in [-0.3, -0.25) is 14.7 Å². The molecule has 10 heteroatoms. The monoisotopic (exact) mass is 566 g/mol. The second kappa shape index (κ2) is 11.7. The first-order valence-corrected chi connectivity index (χ1v) is 13.7. The highest BCUT2D eigenvalue weighted by Crippen LogP contribution is 2.43. The first kappa shape index (κ1) is 27.7. The molecule has 0 spiro atoms. The SMILES string of the molecule is COc1ccc(C2=NC(c3cccc(F)c3)C(C3C=CC(Cl)=CC3)N2C(=O)N2CCNC(=O)C2)c(OC(C)C)c1. The van der Waals surface area contributed by atoms with E-state index in [2.05, 4.69) is 5.32 Å². The minimum absolute atomic E-state index is 0.0653. The van der Waals surface area contributed by atoms with Crippen LogP contribution < -0.4 is 14.8 Å². The second-order valence-electron chi connectivity index (χ2n) is 10.2. The fraction of sp³-hybridized carbons (Fsp3) is 0.367. The van der Waals surface area contributed by atoms with Crippen molar-refractivity contribution < 1.29 is 23.5 Å². The molecule has 1 N–H and O–H groups in total. The highest BCUT2D eigenvalue weighted by atomic mass is 35.5. The van der Waals surface area contributed by atoms with Crippen LogP contribution in [0.3, 0.4) is 0 Å². The second-order valence-corrected chi connectivity index (χ2v) is 10.7. The molecule has 1 saturated heterocycles. The lowest BCUT2D eigenvalue weighted by atomic mass is 9.85. The van der Waals surface area contributed by atoms with Gasteiger partial charge in [0.25, 0.3) is 0 Å². The predicted molar refractivity (Wildman–Crippen MR) is 151 cm³/mol. The van der Waals surface area contributed by atoms with Gasteiger partial charge in [-0.2, -0.15) is 0 Å². The maximum Gasteiger partial charge on any atom is 0.326 e. The Balaban J connectivity index is 1.68. The van der Waals surface area contributed by atoms with Crippen LogP contribution in [-0.4, -0.2) is 66.5 Å². The topological polar surface area (TPSA) is 83.5 Å². The van der Waals surface area contributed by atoms with Gasteiger partial charge in [-0.05, 0) is 56.2 Å². The number of amidine groups is 1. The summed E-state index contributed by atoms with van der Waals surface area (Å²) in [6, 6.07) is 10.2. The zero-order chi connectivity index (χ0) is 28.4. The summed E-state index contributed by atoms with van der Waals surface area (Å²) in [5.41, 5.74) is 1.24. The van der Waals surface area contributed by atoms with Crippen molar-refractivity contribution in [2.75, 3.05) is 26.7 Å². The molecule has 0 aromatic heterocycles. The number of amides is 3. The summed E-state index contributed by atoms with van der Waals surface area (Å²) in [6.45, 7) is 4.47. The predicted octanol–water partition coefficient (Wildman–Crippen LogP) is 5.04. The first-order valence-electron chi connectivity index (χ1n) is 13.3. The van der Waals surface area contributed by atoms with E-state index in [-0.39, 0.29) is 36.3 Å². The number of nitrogens with one attached hydrogen (secondary N) is 1. The number of allylic oxidation sites excluding steroid dienone is 3. The maximum absolute atomic E-state index is 14.5. The highest BCUT2D eigenvalue weighted by molar-refractivity contribution is 6.31. The van der Waals surface area contributed by atoms with E-state index in [1.165, 1.54) is 17.0 Å². The number of rotatable bonds is 6. The van der Waals surface area contributed by atoms with E-state index in [1.54, 1.807) is 30.2 Å². The molecular formula is C30H32ClFN4O4. The molecule has 2 heterocycles. The van der Waals surface area contributed by atoms with E-state index in [0.717, 1.165) is 0 Å². The number of piperazine rings is 1. The molecule has 210 valence electrons. The summed E-state index contributed by atoms with van der Waals surface area (Å²) in [5, 5.41) is 3.39. The molecule has 2 aliphatic heterocycles. The van der Waals surface area contributed by atoms with E-state index in [4.69, 9.17) is 26.1 Å². The van der Waals surface area contributed by atoms with E-state index < -0.39 is 12.1 Å². The molecule has 3 aliphatic rings. The molecule has 0 radical (unpaired) electrons. The summed E-state index contributed by atoms with van der Waals surface area (Å²) in [5.74, 6) is 0.701. The van der Waals surface area contributed by atoms with Gasteiger partial charge in [-0.1, -0.05) is 35.9 Å². The molecule has 3 amide bonds. The molecule has 2 aromatic rings. The van der Waals surface area contributed by atoms with Gasteiger partial charge in [-0.25, -0.2) is 9.18 Å². The van der Waals surface area contributed by atoms with Gasteiger partial charge in [0, 0.05) is 30.1 Å². The van der Waals surface area contributed by atoms with Crippen molar-refractivity contribution in [2.24, 2.45) is 10.9 Å². The number of hydrogen-bond acceptors (Lipinski definition) is 5. The lowest BCUT2D eigenvalue weighted by Gasteiger charge is -2.38. The van der Waals surface area contributed by atoms with E-state index in [1.807, 2.05) is 44.2 Å². The Hall–Kier alpha value is -3.85. The summed E-state index contributed by atoms with van der Waals surface area (Å²) < 4.78 is 26.1. The van der Waals surface area contributed by atoms with Crippen molar-refractivity contribution in [3.8, 4) is 11.5 Å². The van der Waals surface area contributed by atoms with E-state index >= 15 is 0 Å². The number of nitrogens with zero attached hydrogens (tertiary/aromatic N) is 3. The van der Waals surface area contributed by atoms with Gasteiger partial charge in [0.1, 0.15) is 29.7 Å². The molecular weight excluding hydrogens is 535 g/mol. The summed E-state index contributed by atoms with van der Waals surface area (Å²) in [6.07, 6.45) is 6.10. The summed E-state index contributed by atoms with van der Waals surface area (Å²) in [4.78, 5) is 34.9. The largest absolute Gasteiger partial charge is 0.497 e. The summed E-state index contributed by atoms with van der Waals surface area (Å²) in [7, 11) is 1.57. The fourth-order valence-corrected chi connectivity index (χ4v) is 5.50. The van der Waals surface area contributed by atoms with Crippen LogP contribution in [-0.2, 0) is 4.79 Å². The van der Waals surface area contributed by atoms with Crippen LogP contribution in [0.4, 0.5) is 9.18 Å². The Kier molecular flexibility index (Phi) is 8.12. The number of carbonyl (C=O) groups excluding carboxylic acids is 2. The third kappa shape index (κ3) is 5.70. The fourth-order valence-electron chi connectivity index (χ4n) is 5.34. The molecule has 0 bridgehead atoms. The molecule has 1 aliphatic carbocycles. The molecule has 40 heavy (non-hydrogen) atoms. The van der Waals surface area contributed by atoms with Crippen molar-refractivity contribution in [2.45, 2.75) is 38.5 Å². The molecule has 3 atom stereocenters. The van der Waals surface area contributed by atoms with Crippen molar-refractivity contribution in [1.82, 2.24) is 15.1 Å². The van der Waals surface area contributed by atoms with Crippen molar-refractivity contribution >= 4 is 29.4 Å². The van der Waals surface area contributed by atoms with Crippen LogP contribution in [0, 0.1) is 11.7 Å². The highest BCUT2D eigenvalue weighted by Gasteiger charge is 2.47. The average molecular weight is 567 g/mol. The third-order valence-corrected chi connectivity index (χ3v) is 7.42. The Labute approximate surface area is 238 Å². The number of carbonyl (C=O) groups is 2. The molecule has 0 saturated carbocycles. The number of halogens is 2. The lowest BCUT2D eigenvalue weighted by Crippen LogP contribution is -2.57. The van der Waals surface area contributed by atoms with Crippen molar-refractivity contribution in [3.63, 3.8) is 0 Å². The Bertz CT molecular complexity index is 1390. The third-order valence-electron chi connectivity index (χ3n) is 7.14. The Morgan fingerprint density at radius 2 is 2.05 bits per heavy atom. The minimum atomic E-state index is -0.581. The quantitative estimate of drug-likeness (QED) is 0.531. The molecule has 2 aromatic carbocycles. The van der Waals surface area contributed by atoms with Gasteiger partial charge < -0.3 is 19.7 Å². The molecule has 5 rings (SSSR count). The van der Waals surface area contributed by atoms with Gasteiger partial charge in [0.2, 0.25) is 5.91 Å². The minimum Gasteiger partial charge on any atom is -0.497 e. The van der Waals surface area contributed by atoms with Crippen molar-refractivity contribution in [1.29, 1.82) is 0 Å². The number of aliphatic imine (C=N–C) groups is 1. The van der Waals surface area contributed by atoms with Crippen LogP contribution >= 0.6 is 11.6 Å². The van der Waals surface area contributed by atoms with E-state index in [9.17, 15) is 14.0 Å². The zero-order valence-corrected chi connectivity index (χ0v) is 23.4. The molecule has 1 fully saturated rings. The van der Waals surface area contributed by atoms with Crippen LogP contribution in [0.1, 0.15) is 37.4 Å².